The van der Waals surface area contributed by atoms with Gasteiger partial charge in [0.25, 0.3) is 0 Å². The van der Waals surface area contributed by atoms with Crippen LogP contribution in [0.25, 0.3) is 11.5 Å². The third-order valence-corrected chi connectivity index (χ3v) is 1.50. The van der Waals surface area contributed by atoms with Crippen LogP contribution in [0.15, 0.2) is 29.1 Å². The van der Waals surface area contributed by atoms with Gasteiger partial charge in [-0.25, -0.2) is 0 Å². The summed E-state index contributed by atoms with van der Waals surface area (Å²) in [6.45, 7) is 1.92. The molecule has 0 bridgehead atoms. The summed E-state index contributed by atoms with van der Waals surface area (Å²) in [5, 5.41) is 7.37. The van der Waals surface area contributed by atoms with Gasteiger partial charge in [0.05, 0.1) is 0 Å². The molecule has 4 nitrogen and oxygen atoms in total. The minimum Gasteiger partial charge on any atom is -0.423 e. The Kier molecular flexibility index (Phi) is 1.59. The molecule has 0 radical (unpaired) electrons. The van der Waals surface area contributed by atoms with Gasteiger partial charge in [0.15, 0.2) is 0 Å². The van der Waals surface area contributed by atoms with Crippen LogP contribution in [0.5, 0.6) is 0 Å². The Morgan fingerprint density at radius 2 is 2.33 bits per heavy atom. The van der Waals surface area contributed by atoms with Crippen LogP contribution in [0.2, 0.25) is 0 Å². The third kappa shape index (κ3) is 1.18. The quantitative estimate of drug-likeness (QED) is 0.635. The Balaban J connectivity index is 2.48. The molecule has 0 atom stereocenters. The summed E-state index contributed by atoms with van der Waals surface area (Å²) in [5.41, 5.74) is 1.84. The summed E-state index contributed by atoms with van der Waals surface area (Å²) in [6, 6.07) is 3.73. The van der Waals surface area contributed by atoms with Crippen molar-refractivity contribution in [2.24, 2.45) is 0 Å². The van der Waals surface area contributed by atoms with Gasteiger partial charge in [0, 0.05) is 17.5 Å². The first kappa shape index (κ1) is 6.97. The van der Waals surface area contributed by atoms with Crippen molar-refractivity contribution in [1.29, 1.82) is 0 Å². The van der Waals surface area contributed by atoms with Crippen LogP contribution < -0.4 is 0 Å². The zero-order chi connectivity index (χ0) is 8.39. The largest absolute Gasteiger partial charge is 0.423 e. The normalized spacial score (nSPS) is 10.1. The molecule has 60 valence electrons. The summed E-state index contributed by atoms with van der Waals surface area (Å²) in [7, 11) is 0. The summed E-state index contributed by atoms with van der Waals surface area (Å²) >= 11 is 0. The Morgan fingerprint density at radius 1 is 1.42 bits per heavy atom. The predicted molar refractivity (Wildman–Crippen MR) is 42.3 cm³/mol. The van der Waals surface area contributed by atoms with E-state index >= 15 is 0 Å². The summed E-state index contributed by atoms with van der Waals surface area (Å²) in [5.74, 6) is 0.528. The van der Waals surface area contributed by atoms with Gasteiger partial charge in [-0.2, -0.15) is 0 Å². The molecule has 2 aromatic rings. The highest BCUT2D eigenvalue weighted by molar-refractivity contribution is 5.51. The number of aromatic nitrogens is 3. The number of hydrogen-bond acceptors (Lipinski definition) is 4. The van der Waals surface area contributed by atoms with Crippen molar-refractivity contribution in [1.82, 2.24) is 15.2 Å². The fourth-order valence-electron chi connectivity index (χ4n) is 0.977. The van der Waals surface area contributed by atoms with Gasteiger partial charge < -0.3 is 4.42 Å². The maximum Gasteiger partial charge on any atom is 0.247 e. The van der Waals surface area contributed by atoms with Gasteiger partial charge in [0.2, 0.25) is 12.3 Å². The lowest BCUT2D eigenvalue weighted by Gasteiger charge is -1.94. The molecule has 0 saturated carbocycles. The highest BCUT2D eigenvalue weighted by atomic mass is 16.4. The first-order chi connectivity index (χ1) is 5.86. The Morgan fingerprint density at radius 3 is 3.00 bits per heavy atom. The number of rotatable bonds is 1. The molecule has 0 unspecified atom stereocenters. The van der Waals surface area contributed by atoms with Crippen molar-refractivity contribution < 1.29 is 4.42 Å². The number of hydrogen-bond donors (Lipinski definition) is 0. The molecule has 2 aromatic heterocycles. The van der Waals surface area contributed by atoms with Crippen LogP contribution in [0.4, 0.5) is 0 Å². The Bertz CT molecular complexity index is 370. The molecule has 0 aliphatic carbocycles. The van der Waals surface area contributed by atoms with E-state index in [9.17, 15) is 0 Å². The van der Waals surface area contributed by atoms with Crippen LogP contribution in [-0.2, 0) is 0 Å². The molecule has 0 aromatic carbocycles. The van der Waals surface area contributed by atoms with E-state index < -0.39 is 0 Å². The predicted octanol–water partition coefficient (Wildman–Crippen LogP) is 1.44. The summed E-state index contributed by atoms with van der Waals surface area (Å²) in [6.07, 6.45) is 3.03. The zero-order valence-electron chi connectivity index (χ0n) is 6.56. The summed E-state index contributed by atoms with van der Waals surface area (Å²) in [4.78, 5) is 4.06. The lowest BCUT2D eigenvalue weighted by molar-refractivity contribution is 0.568. The molecule has 0 amide bonds. The Hall–Kier alpha value is -1.71. The van der Waals surface area contributed by atoms with Gasteiger partial charge in [-0.15, -0.1) is 10.2 Å². The molecular weight excluding hydrogens is 154 g/mol. The lowest BCUT2D eigenvalue weighted by Crippen LogP contribution is -1.82. The molecule has 0 N–H and O–H groups in total. The van der Waals surface area contributed by atoms with E-state index in [0.717, 1.165) is 11.3 Å². The standard InChI is InChI=1S/C8H7N3O/c1-6-4-7(2-3-9-6)8-11-10-5-12-8/h2-5H,1H3. The second-order valence-electron chi connectivity index (χ2n) is 2.43. The number of nitrogens with zero attached hydrogens (tertiary/aromatic N) is 3. The minimum absolute atomic E-state index is 0.528. The van der Waals surface area contributed by atoms with Gasteiger partial charge >= 0.3 is 0 Å². The van der Waals surface area contributed by atoms with Gasteiger partial charge in [0.1, 0.15) is 0 Å². The zero-order valence-corrected chi connectivity index (χ0v) is 6.56. The highest BCUT2D eigenvalue weighted by Crippen LogP contribution is 2.15. The van der Waals surface area contributed by atoms with E-state index in [1.54, 1.807) is 6.20 Å². The second-order valence-corrected chi connectivity index (χ2v) is 2.43. The average Bonchev–Trinajstić information content (AvgIpc) is 2.56. The van der Waals surface area contributed by atoms with Crippen molar-refractivity contribution in [3.63, 3.8) is 0 Å². The SMILES string of the molecule is Cc1cc(-c2nnco2)ccn1. The fraction of sp³-hybridized carbons (Fsp3) is 0.125. The highest BCUT2D eigenvalue weighted by Gasteiger charge is 2.01. The smallest absolute Gasteiger partial charge is 0.247 e. The van der Waals surface area contributed by atoms with Crippen LogP contribution >= 0.6 is 0 Å². The molecule has 2 heterocycles. The number of aryl methyl sites for hydroxylation is 1. The number of pyridine rings is 1. The molecule has 2 rings (SSSR count). The van der Waals surface area contributed by atoms with Gasteiger partial charge in [-0.1, -0.05) is 0 Å². The maximum absolute atomic E-state index is 5.02. The van der Waals surface area contributed by atoms with Gasteiger partial charge in [-0.05, 0) is 19.1 Å². The van der Waals surface area contributed by atoms with Crippen molar-refractivity contribution in [2.45, 2.75) is 6.92 Å². The van der Waals surface area contributed by atoms with Crippen molar-refractivity contribution >= 4 is 0 Å². The summed E-state index contributed by atoms with van der Waals surface area (Å²) < 4.78 is 5.02. The third-order valence-electron chi connectivity index (χ3n) is 1.50. The van der Waals surface area contributed by atoms with E-state index in [4.69, 9.17) is 4.42 Å². The first-order valence-corrected chi connectivity index (χ1v) is 3.55. The van der Waals surface area contributed by atoms with Crippen LogP contribution in [0, 0.1) is 6.92 Å². The van der Waals surface area contributed by atoms with Crippen molar-refractivity contribution in [3.05, 3.63) is 30.4 Å². The molecular formula is C8H7N3O. The monoisotopic (exact) mass is 161 g/mol. The lowest BCUT2D eigenvalue weighted by atomic mass is 10.2. The van der Waals surface area contributed by atoms with Crippen molar-refractivity contribution in [3.8, 4) is 11.5 Å². The fourth-order valence-corrected chi connectivity index (χ4v) is 0.977. The maximum atomic E-state index is 5.02. The molecule has 0 aliphatic heterocycles. The molecule has 4 heteroatoms. The average molecular weight is 161 g/mol. The molecule has 12 heavy (non-hydrogen) atoms. The van der Waals surface area contributed by atoms with Crippen LogP contribution in [0.1, 0.15) is 5.69 Å². The molecule has 0 fully saturated rings. The van der Waals surface area contributed by atoms with Gasteiger partial charge in [-0.3, -0.25) is 4.98 Å². The van der Waals surface area contributed by atoms with E-state index in [2.05, 4.69) is 15.2 Å². The van der Waals surface area contributed by atoms with Crippen molar-refractivity contribution in [2.75, 3.05) is 0 Å². The van der Waals surface area contributed by atoms with E-state index in [0.29, 0.717) is 5.89 Å². The van der Waals surface area contributed by atoms with Crippen LogP contribution in [0.3, 0.4) is 0 Å². The molecule has 0 saturated heterocycles. The van der Waals surface area contributed by atoms with E-state index in [-0.39, 0.29) is 0 Å². The topological polar surface area (TPSA) is 51.8 Å². The first-order valence-electron chi connectivity index (χ1n) is 3.55. The minimum atomic E-state index is 0.528. The van der Waals surface area contributed by atoms with E-state index in [1.165, 1.54) is 6.39 Å². The Labute approximate surface area is 69.3 Å². The van der Waals surface area contributed by atoms with E-state index in [1.807, 2.05) is 19.1 Å². The molecule has 0 spiro atoms. The molecule has 0 aliphatic rings. The second kappa shape index (κ2) is 2.73. The van der Waals surface area contributed by atoms with Crippen LogP contribution in [-0.4, -0.2) is 15.2 Å².